The van der Waals surface area contributed by atoms with Gasteiger partial charge in [0.2, 0.25) is 0 Å². The first kappa shape index (κ1) is 12.5. The highest BCUT2D eigenvalue weighted by atomic mass is 32.2. The Morgan fingerprint density at radius 3 is 2.87 bits per heavy atom. The van der Waals surface area contributed by atoms with E-state index in [1.54, 1.807) is 23.9 Å². The molecule has 0 radical (unpaired) electrons. The van der Waals surface area contributed by atoms with Crippen molar-refractivity contribution in [1.29, 1.82) is 0 Å². The third kappa shape index (κ3) is 4.67. The summed E-state index contributed by atoms with van der Waals surface area (Å²) in [5, 5.41) is 9.18. The maximum Gasteiger partial charge on any atom is 0.123 e. The predicted octanol–water partition coefficient (Wildman–Crippen LogP) is 2.73. The molecule has 15 heavy (non-hydrogen) atoms. The molecule has 0 aromatic heterocycles. The summed E-state index contributed by atoms with van der Waals surface area (Å²) in [6.45, 7) is 0.178. The van der Waals surface area contributed by atoms with Crippen LogP contribution in [0.25, 0.3) is 0 Å². The fourth-order valence-electron chi connectivity index (χ4n) is 1.54. The van der Waals surface area contributed by atoms with E-state index in [1.165, 1.54) is 6.07 Å². The molecule has 0 fully saturated rings. The maximum atomic E-state index is 12.9. The van der Waals surface area contributed by atoms with E-state index in [9.17, 15) is 9.50 Å². The van der Waals surface area contributed by atoms with Crippen molar-refractivity contribution < 1.29 is 9.50 Å². The Bertz CT molecular complexity index is 291. The van der Waals surface area contributed by atoms with E-state index in [0.717, 1.165) is 24.2 Å². The molecule has 1 N–H and O–H groups in total. The number of aliphatic hydroxyl groups excluding tert-OH is 1. The van der Waals surface area contributed by atoms with Crippen LogP contribution in [0.5, 0.6) is 0 Å². The SMILES string of the molecule is CSCCC(CO)Cc1cccc(F)c1. The van der Waals surface area contributed by atoms with Crippen LogP contribution in [0.15, 0.2) is 24.3 Å². The van der Waals surface area contributed by atoms with Crippen LogP contribution in [0.1, 0.15) is 12.0 Å². The number of rotatable bonds is 6. The van der Waals surface area contributed by atoms with E-state index in [4.69, 9.17) is 0 Å². The zero-order valence-corrected chi connectivity index (χ0v) is 9.77. The average Bonchev–Trinajstić information content (AvgIpc) is 2.24. The van der Waals surface area contributed by atoms with Gasteiger partial charge in [0.05, 0.1) is 0 Å². The molecule has 1 aromatic rings. The number of benzene rings is 1. The lowest BCUT2D eigenvalue weighted by Crippen LogP contribution is -2.10. The summed E-state index contributed by atoms with van der Waals surface area (Å²) in [5.41, 5.74) is 0.968. The van der Waals surface area contributed by atoms with E-state index in [-0.39, 0.29) is 18.3 Å². The first-order valence-corrected chi connectivity index (χ1v) is 6.50. The molecule has 1 rings (SSSR count). The van der Waals surface area contributed by atoms with Gasteiger partial charge in [-0.3, -0.25) is 0 Å². The summed E-state index contributed by atoms with van der Waals surface area (Å²) >= 11 is 1.77. The van der Waals surface area contributed by atoms with Gasteiger partial charge in [0.25, 0.3) is 0 Å². The van der Waals surface area contributed by atoms with Gasteiger partial charge in [-0.1, -0.05) is 12.1 Å². The van der Waals surface area contributed by atoms with Gasteiger partial charge >= 0.3 is 0 Å². The van der Waals surface area contributed by atoms with Crippen molar-refractivity contribution in [2.75, 3.05) is 18.6 Å². The molecule has 0 spiro atoms. The minimum Gasteiger partial charge on any atom is -0.396 e. The number of thioether (sulfide) groups is 1. The molecule has 0 aliphatic rings. The second-order valence-corrected chi connectivity index (χ2v) is 4.65. The average molecular weight is 228 g/mol. The number of hydrogen-bond acceptors (Lipinski definition) is 2. The molecular formula is C12H17FOS. The number of hydrogen-bond donors (Lipinski definition) is 1. The predicted molar refractivity (Wildman–Crippen MR) is 63.7 cm³/mol. The van der Waals surface area contributed by atoms with Gasteiger partial charge in [-0.05, 0) is 48.5 Å². The van der Waals surface area contributed by atoms with Crippen LogP contribution >= 0.6 is 11.8 Å². The lowest BCUT2D eigenvalue weighted by molar-refractivity contribution is 0.223. The molecule has 0 bridgehead atoms. The van der Waals surface area contributed by atoms with Crippen molar-refractivity contribution in [1.82, 2.24) is 0 Å². The summed E-state index contributed by atoms with van der Waals surface area (Å²) in [7, 11) is 0. The van der Waals surface area contributed by atoms with Gasteiger partial charge in [0.1, 0.15) is 5.82 Å². The smallest absolute Gasteiger partial charge is 0.123 e. The van der Waals surface area contributed by atoms with E-state index in [1.807, 2.05) is 6.07 Å². The first-order valence-electron chi connectivity index (χ1n) is 5.10. The highest BCUT2D eigenvalue weighted by molar-refractivity contribution is 7.98. The molecule has 1 atom stereocenters. The fraction of sp³-hybridized carbons (Fsp3) is 0.500. The van der Waals surface area contributed by atoms with Gasteiger partial charge in [0, 0.05) is 6.61 Å². The van der Waals surface area contributed by atoms with Crippen LogP contribution in [0.4, 0.5) is 4.39 Å². The molecule has 1 aromatic carbocycles. The Labute approximate surface area is 94.7 Å². The molecule has 0 amide bonds. The molecule has 0 heterocycles. The van der Waals surface area contributed by atoms with Crippen LogP contribution in [-0.2, 0) is 6.42 Å². The van der Waals surface area contributed by atoms with Gasteiger partial charge in [0.15, 0.2) is 0 Å². The fourth-order valence-corrected chi connectivity index (χ4v) is 2.11. The third-order valence-electron chi connectivity index (χ3n) is 2.40. The Balaban J connectivity index is 2.50. The van der Waals surface area contributed by atoms with E-state index in [2.05, 4.69) is 6.26 Å². The van der Waals surface area contributed by atoms with E-state index >= 15 is 0 Å². The monoisotopic (exact) mass is 228 g/mol. The Morgan fingerprint density at radius 1 is 1.47 bits per heavy atom. The van der Waals surface area contributed by atoms with Crippen molar-refractivity contribution in [3.63, 3.8) is 0 Å². The third-order valence-corrected chi connectivity index (χ3v) is 3.05. The molecule has 1 unspecified atom stereocenters. The zero-order chi connectivity index (χ0) is 11.1. The minimum atomic E-state index is -0.200. The van der Waals surface area contributed by atoms with Crippen molar-refractivity contribution in [2.45, 2.75) is 12.8 Å². The second-order valence-electron chi connectivity index (χ2n) is 3.66. The van der Waals surface area contributed by atoms with Crippen LogP contribution in [-0.4, -0.2) is 23.7 Å². The molecule has 0 aliphatic carbocycles. The molecule has 3 heteroatoms. The highest BCUT2D eigenvalue weighted by Gasteiger charge is 2.08. The summed E-state index contributed by atoms with van der Waals surface area (Å²) in [5.74, 6) is 1.09. The van der Waals surface area contributed by atoms with Crippen LogP contribution < -0.4 is 0 Å². The Morgan fingerprint density at radius 2 is 2.27 bits per heavy atom. The zero-order valence-electron chi connectivity index (χ0n) is 8.95. The van der Waals surface area contributed by atoms with E-state index in [0.29, 0.717) is 0 Å². The van der Waals surface area contributed by atoms with Crippen LogP contribution in [0.2, 0.25) is 0 Å². The second kappa shape index (κ2) is 6.85. The molecule has 0 aliphatic heterocycles. The molecule has 84 valence electrons. The van der Waals surface area contributed by atoms with Gasteiger partial charge in [-0.15, -0.1) is 0 Å². The number of halogens is 1. The van der Waals surface area contributed by atoms with Crippen molar-refractivity contribution in [2.24, 2.45) is 5.92 Å². The molecule has 0 saturated heterocycles. The lowest BCUT2D eigenvalue weighted by Gasteiger charge is -2.13. The Kier molecular flexibility index (Phi) is 5.73. The molecule has 1 nitrogen and oxygen atoms in total. The highest BCUT2D eigenvalue weighted by Crippen LogP contribution is 2.15. The largest absolute Gasteiger partial charge is 0.396 e. The van der Waals surface area contributed by atoms with Crippen molar-refractivity contribution in [3.8, 4) is 0 Å². The van der Waals surface area contributed by atoms with Gasteiger partial charge in [-0.2, -0.15) is 11.8 Å². The normalized spacial score (nSPS) is 12.7. The molecular weight excluding hydrogens is 211 g/mol. The maximum absolute atomic E-state index is 12.9. The summed E-state index contributed by atoms with van der Waals surface area (Å²) in [6, 6.07) is 6.61. The van der Waals surface area contributed by atoms with Gasteiger partial charge < -0.3 is 5.11 Å². The lowest BCUT2D eigenvalue weighted by atomic mass is 9.98. The van der Waals surface area contributed by atoms with E-state index < -0.39 is 0 Å². The van der Waals surface area contributed by atoms with Crippen LogP contribution in [0, 0.1) is 11.7 Å². The summed E-state index contributed by atoms with van der Waals surface area (Å²) < 4.78 is 12.9. The first-order chi connectivity index (χ1) is 7.26. The topological polar surface area (TPSA) is 20.2 Å². The summed E-state index contributed by atoms with van der Waals surface area (Å²) in [6.07, 6.45) is 3.79. The van der Waals surface area contributed by atoms with Crippen molar-refractivity contribution in [3.05, 3.63) is 35.6 Å². The quantitative estimate of drug-likeness (QED) is 0.808. The minimum absolute atomic E-state index is 0.178. The van der Waals surface area contributed by atoms with Crippen molar-refractivity contribution >= 4 is 11.8 Å². The standard InChI is InChI=1S/C12H17FOS/c1-15-6-5-11(9-14)7-10-3-2-4-12(13)8-10/h2-4,8,11,14H,5-7,9H2,1H3. The number of aliphatic hydroxyl groups is 1. The van der Waals surface area contributed by atoms with Gasteiger partial charge in [-0.25, -0.2) is 4.39 Å². The summed E-state index contributed by atoms with van der Waals surface area (Å²) in [4.78, 5) is 0. The Hall–Kier alpha value is -0.540. The molecule has 0 saturated carbocycles. The van der Waals surface area contributed by atoms with Crippen LogP contribution in [0.3, 0.4) is 0 Å².